The predicted octanol–water partition coefficient (Wildman–Crippen LogP) is 5.57. The third-order valence-electron chi connectivity index (χ3n) is 4.55. The highest BCUT2D eigenvalue weighted by molar-refractivity contribution is 8.00. The summed E-state index contributed by atoms with van der Waals surface area (Å²) < 4.78 is 10.2. The minimum Gasteiger partial charge on any atom is -0.492 e. The van der Waals surface area contributed by atoms with E-state index < -0.39 is 0 Å². The first-order valence-corrected chi connectivity index (χ1v) is 12.7. The number of fused-ring (bicyclic) bond motifs is 1. The van der Waals surface area contributed by atoms with Crippen LogP contribution < -0.4 is 4.74 Å². The summed E-state index contributed by atoms with van der Waals surface area (Å²) in [6, 6.07) is 15.5. The molecule has 4 aromatic rings. The SMILES string of the molecule is CCn1c(CSc2nc3ccccc3s2)nnc1SCCOc1ccccc1C(C)=O. The lowest BCUT2D eigenvalue weighted by molar-refractivity contribution is 0.101. The maximum atomic E-state index is 11.7. The first-order chi connectivity index (χ1) is 15.2. The molecule has 0 fully saturated rings. The number of nitrogens with zero attached hydrogens (tertiary/aromatic N) is 4. The normalized spacial score (nSPS) is 11.2. The number of carbonyl (C=O) groups is 1. The van der Waals surface area contributed by atoms with Crippen molar-refractivity contribution < 1.29 is 9.53 Å². The fourth-order valence-corrected chi connectivity index (χ4v) is 5.90. The minimum atomic E-state index is 0.00393. The van der Waals surface area contributed by atoms with Crippen molar-refractivity contribution in [1.82, 2.24) is 19.7 Å². The van der Waals surface area contributed by atoms with Crippen LogP contribution in [0.3, 0.4) is 0 Å². The molecule has 0 unspecified atom stereocenters. The maximum Gasteiger partial charge on any atom is 0.191 e. The number of ether oxygens (including phenoxy) is 1. The van der Waals surface area contributed by atoms with Crippen LogP contribution in [-0.2, 0) is 12.3 Å². The van der Waals surface area contributed by atoms with Crippen molar-refractivity contribution in [3.8, 4) is 5.75 Å². The molecule has 0 aliphatic rings. The summed E-state index contributed by atoms with van der Waals surface area (Å²) in [6.45, 7) is 4.94. The summed E-state index contributed by atoms with van der Waals surface area (Å²) in [4.78, 5) is 16.4. The Bertz CT molecular complexity index is 1160. The van der Waals surface area contributed by atoms with Gasteiger partial charge in [-0.05, 0) is 38.1 Å². The second kappa shape index (κ2) is 10.3. The maximum absolute atomic E-state index is 11.7. The zero-order valence-electron chi connectivity index (χ0n) is 17.3. The van der Waals surface area contributed by atoms with Crippen molar-refractivity contribution in [2.75, 3.05) is 12.4 Å². The lowest BCUT2D eigenvalue weighted by Gasteiger charge is -2.10. The van der Waals surface area contributed by atoms with Crippen LogP contribution >= 0.6 is 34.9 Å². The molecule has 0 spiro atoms. The number of para-hydroxylation sites is 2. The minimum absolute atomic E-state index is 0.00393. The number of benzene rings is 2. The Kier molecular flexibility index (Phi) is 7.26. The Morgan fingerprint density at radius 1 is 1.10 bits per heavy atom. The number of hydrogen-bond acceptors (Lipinski definition) is 8. The Morgan fingerprint density at radius 2 is 1.90 bits per heavy atom. The van der Waals surface area contributed by atoms with Crippen LogP contribution in [0.2, 0.25) is 0 Å². The monoisotopic (exact) mass is 470 g/mol. The fourth-order valence-electron chi connectivity index (χ4n) is 3.06. The molecule has 31 heavy (non-hydrogen) atoms. The quantitative estimate of drug-likeness (QED) is 0.170. The Morgan fingerprint density at radius 3 is 2.71 bits per heavy atom. The van der Waals surface area contributed by atoms with Crippen LogP contribution in [0.5, 0.6) is 5.75 Å². The van der Waals surface area contributed by atoms with Crippen molar-refractivity contribution in [3.05, 3.63) is 59.9 Å². The van der Waals surface area contributed by atoms with Gasteiger partial charge >= 0.3 is 0 Å². The molecule has 6 nitrogen and oxygen atoms in total. The van der Waals surface area contributed by atoms with Crippen LogP contribution in [-0.4, -0.2) is 37.9 Å². The Hall–Kier alpha value is -2.36. The van der Waals surface area contributed by atoms with Gasteiger partial charge in [0.05, 0.1) is 28.1 Å². The summed E-state index contributed by atoms with van der Waals surface area (Å²) in [6.07, 6.45) is 0. The van der Waals surface area contributed by atoms with Crippen molar-refractivity contribution in [3.63, 3.8) is 0 Å². The summed E-state index contributed by atoms with van der Waals surface area (Å²) in [5.74, 6) is 3.01. The predicted molar refractivity (Wildman–Crippen MR) is 128 cm³/mol. The highest BCUT2D eigenvalue weighted by Crippen LogP contribution is 2.31. The van der Waals surface area contributed by atoms with E-state index in [0.717, 1.165) is 38.9 Å². The molecule has 2 aromatic carbocycles. The average Bonchev–Trinajstić information content (AvgIpc) is 3.38. The lowest BCUT2D eigenvalue weighted by atomic mass is 10.1. The molecule has 9 heteroatoms. The third-order valence-corrected chi connectivity index (χ3v) is 7.65. The smallest absolute Gasteiger partial charge is 0.191 e. The lowest BCUT2D eigenvalue weighted by Crippen LogP contribution is -2.06. The number of carbonyl (C=O) groups excluding carboxylic acids is 1. The molecule has 0 saturated heterocycles. The number of Topliss-reactive ketones (excluding diaryl/α,β-unsaturated/α-hetero) is 1. The fraction of sp³-hybridized carbons (Fsp3) is 0.273. The van der Waals surface area contributed by atoms with Gasteiger partial charge in [0, 0.05) is 12.3 Å². The van der Waals surface area contributed by atoms with E-state index in [9.17, 15) is 4.79 Å². The van der Waals surface area contributed by atoms with Gasteiger partial charge in [-0.25, -0.2) is 4.98 Å². The number of ketones is 1. The standard InChI is InChI=1S/C22H22N4O2S3/c1-3-26-20(14-30-22-23-17-9-5-7-11-19(17)31-22)24-25-21(26)29-13-12-28-18-10-6-4-8-16(18)15(2)27/h4-11H,3,12-14H2,1-2H3. The van der Waals surface area contributed by atoms with Gasteiger partial charge in [0.1, 0.15) is 11.6 Å². The van der Waals surface area contributed by atoms with Crippen LogP contribution in [0.4, 0.5) is 0 Å². The third kappa shape index (κ3) is 5.28. The zero-order valence-corrected chi connectivity index (χ0v) is 19.7. The molecular formula is C22H22N4O2S3. The van der Waals surface area contributed by atoms with E-state index >= 15 is 0 Å². The number of aromatic nitrogens is 4. The van der Waals surface area contributed by atoms with E-state index in [-0.39, 0.29) is 5.78 Å². The second-order valence-electron chi connectivity index (χ2n) is 6.63. The molecule has 4 rings (SSSR count). The van der Waals surface area contributed by atoms with Crippen molar-refractivity contribution in [1.29, 1.82) is 0 Å². The molecule has 0 radical (unpaired) electrons. The van der Waals surface area contributed by atoms with Crippen LogP contribution in [0.1, 0.15) is 30.0 Å². The summed E-state index contributed by atoms with van der Waals surface area (Å²) in [5.41, 5.74) is 1.65. The van der Waals surface area contributed by atoms with E-state index in [2.05, 4.69) is 32.7 Å². The molecule has 2 heterocycles. The molecule has 0 aliphatic carbocycles. The van der Waals surface area contributed by atoms with Gasteiger partial charge in [0.25, 0.3) is 0 Å². The topological polar surface area (TPSA) is 69.9 Å². The van der Waals surface area contributed by atoms with Crippen LogP contribution in [0, 0.1) is 0 Å². The number of hydrogen-bond donors (Lipinski definition) is 0. The largest absolute Gasteiger partial charge is 0.492 e. The molecule has 160 valence electrons. The van der Waals surface area contributed by atoms with Crippen LogP contribution in [0.25, 0.3) is 10.2 Å². The zero-order chi connectivity index (χ0) is 21.6. The summed E-state index contributed by atoms with van der Waals surface area (Å²) in [7, 11) is 0. The molecule has 0 atom stereocenters. The van der Waals surface area contributed by atoms with Gasteiger partial charge < -0.3 is 9.30 Å². The van der Waals surface area contributed by atoms with Gasteiger partial charge in [-0.2, -0.15) is 0 Å². The molecule has 0 saturated carbocycles. The van der Waals surface area contributed by atoms with E-state index in [1.165, 1.54) is 4.70 Å². The number of thioether (sulfide) groups is 2. The van der Waals surface area contributed by atoms with E-state index in [1.807, 2.05) is 36.4 Å². The van der Waals surface area contributed by atoms with Crippen LogP contribution in [0.15, 0.2) is 58.0 Å². The first kappa shape index (κ1) is 21.9. The highest BCUT2D eigenvalue weighted by atomic mass is 32.2. The van der Waals surface area contributed by atoms with Gasteiger partial charge in [-0.15, -0.1) is 21.5 Å². The van der Waals surface area contributed by atoms with E-state index in [1.54, 1.807) is 47.9 Å². The molecule has 0 aliphatic heterocycles. The van der Waals surface area contributed by atoms with Crippen molar-refractivity contribution >= 4 is 50.9 Å². The molecule has 0 bridgehead atoms. The van der Waals surface area contributed by atoms with Gasteiger partial charge in [0.2, 0.25) is 0 Å². The van der Waals surface area contributed by atoms with E-state index in [0.29, 0.717) is 17.9 Å². The van der Waals surface area contributed by atoms with Crippen molar-refractivity contribution in [2.45, 2.75) is 35.6 Å². The van der Waals surface area contributed by atoms with Gasteiger partial charge in [0.15, 0.2) is 15.3 Å². The van der Waals surface area contributed by atoms with Gasteiger partial charge in [-0.3, -0.25) is 4.79 Å². The van der Waals surface area contributed by atoms with Gasteiger partial charge in [-0.1, -0.05) is 47.8 Å². The molecule has 2 aromatic heterocycles. The van der Waals surface area contributed by atoms with Crippen molar-refractivity contribution in [2.24, 2.45) is 0 Å². The molecular weight excluding hydrogens is 448 g/mol. The number of rotatable bonds is 10. The highest BCUT2D eigenvalue weighted by Gasteiger charge is 2.13. The molecule has 0 amide bonds. The Labute approximate surface area is 193 Å². The summed E-state index contributed by atoms with van der Waals surface area (Å²) in [5, 5.41) is 9.64. The first-order valence-electron chi connectivity index (χ1n) is 9.91. The molecule has 0 N–H and O–H groups in total. The summed E-state index contributed by atoms with van der Waals surface area (Å²) >= 11 is 5.00. The second-order valence-corrected chi connectivity index (χ2v) is 9.94. The van der Waals surface area contributed by atoms with E-state index in [4.69, 9.17) is 4.74 Å². The average molecular weight is 471 g/mol. The number of thiazole rings is 1. The Balaban J connectivity index is 1.33.